The van der Waals surface area contributed by atoms with Crippen molar-refractivity contribution in [2.45, 2.75) is 32.7 Å². The van der Waals surface area contributed by atoms with E-state index in [2.05, 4.69) is 24.0 Å². The van der Waals surface area contributed by atoms with Gasteiger partial charge in [0.2, 0.25) is 0 Å². The van der Waals surface area contributed by atoms with E-state index in [1.54, 1.807) is 0 Å². The maximum Gasteiger partial charge on any atom is 0.0433 e. The molecule has 0 bridgehead atoms. The zero-order valence-corrected chi connectivity index (χ0v) is 10.8. The first kappa shape index (κ1) is 12.1. The van der Waals surface area contributed by atoms with E-state index in [1.165, 1.54) is 35.7 Å². The number of likely N-dealkylation sites (tertiary alicyclic amines) is 1. The Bertz CT molecular complexity index is 315. The molecule has 1 aliphatic heterocycles. The normalized spacial score (nSPS) is 19.1. The fourth-order valence-corrected chi connectivity index (χ4v) is 3.34. The molecule has 0 saturated carbocycles. The number of hydrogen-bond acceptors (Lipinski definition) is 3. The predicted octanol–water partition coefficient (Wildman–Crippen LogP) is 2.65. The van der Waals surface area contributed by atoms with Crippen LogP contribution in [0.2, 0.25) is 0 Å². The lowest BCUT2D eigenvalue weighted by atomic mass is 9.94. The van der Waals surface area contributed by atoms with Crippen molar-refractivity contribution in [3.8, 4) is 0 Å². The van der Waals surface area contributed by atoms with Crippen molar-refractivity contribution in [1.29, 1.82) is 0 Å². The molecule has 1 saturated heterocycles. The summed E-state index contributed by atoms with van der Waals surface area (Å²) in [5.74, 6) is 0.756. The lowest BCUT2D eigenvalue weighted by Gasteiger charge is -2.31. The van der Waals surface area contributed by atoms with Crippen LogP contribution in [0.15, 0.2) is 12.1 Å². The minimum atomic E-state index is 0.356. The van der Waals surface area contributed by atoms with Crippen LogP contribution in [0.5, 0.6) is 0 Å². The number of piperidine rings is 1. The van der Waals surface area contributed by atoms with Crippen LogP contribution in [-0.2, 0) is 6.54 Å². The highest BCUT2D eigenvalue weighted by atomic mass is 32.1. The third-order valence-electron chi connectivity index (χ3n) is 3.42. The van der Waals surface area contributed by atoms with Gasteiger partial charge in [0.05, 0.1) is 0 Å². The Morgan fingerprint density at radius 2 is 2.12 bits per heavy atom. The van der Waals surface area contributed by atoms with Crippen LogP contribution in [-0.4, -0.2) is 29.7 Å². The van der Waals surface area contributed by atoms with Gasteiger partial charge in [-0.05, 0) is 57.3 Å². The molecule has 1 aromatic heterocycles. The van der Waals surface area contributed by atoms with Crippen molar-refractivity contribution in [3.05, 3.63) is 21.9 Å². The molecule has 0 aromatic carbocycles. The molecule has 1 aliphatic rings. The number of hydrogen-bond donors (Lipinski definition) is 1. The van der Waals surface area contributed by atoms with Gasteiger partial charge in [0.15, 0.2) is 0 Å². The van der Waals surface area contributed by atoms with Gasteiger partial charge in [-0.15, -0.1) is 11.3 Å². The zero-order valence-electron chi connectivity index (χ0n) is 9.98. The van der Waals surface area contributed by atoms with Gasteiger partial charge >= 0.3 is 0 Å². The molecule has 0 atom stereocenters. The third kappa shape index (κ3) is 3.30. The van der Waals surface area contributed by atoms with Crippen LogP contribution in [0.1, 0.15) is 29.0 Å². The molecule has 2 heterocycles. The maximum absolute atomic E-state index is 8.91. The van der Waals surface area contributed by atoms with E-state index in [1.807, 2.05) is 11.3 Å². The lowest BCUT2D eigenvalue weighted by Crippen LogP contribution is -2.33. The van der Waals surface area contributed by atoms with E-state index in [0.717, 1.165) is 18.9 Å². The first-order valence-electron chi connectivity index (χ1n) is 6.16. The Hall–Kier alpha value is -0.380. The van der Waals surface area contributed by atoms with E-state index in [0.29, 0.717) is 6.61 Å². The Kier molecular flexibility index (Phi) is 4.38. The number of nitrogens with zero attached hydrogens (tertiary/aromatic N) is 1. The molecule has 2 nitrogen and oxygen atoms in total. The summed E-state index contributed by atoms with van der Waals surface area (Å²) in [6.45, 7) is 6.03. The van der Waals surface area contributed by atoms with Crippen LogP contribution < -0.4 is 0 Å². The number of aliphatic hydroxyl groups excluding tert-OH is 1. The Morgan fingerprint density at radius 1 is 1.38 bits per heavy atom. The van der Waals surface area contributed by atoms with E-state index >= 15 is 0 Å². The molecule has 3 heteroatoms. The van der Waals surface area contributed by atoms with Gasteiger partial charge in [-0.2, -0.15) is 0 Å². The largest absolute Gasteiger partial charge is 0.396 e. The van der Waals surface area contributed by atoms with Gasteiger partial charge < -0.3 is 5.11 Å². The van der Waals surface area contributed by atoms with Crippen molar-refractivity contribution in [1.82, 2.24) is 4.90 Å². The summed E-state index contributed by atoms with van der Waals surface area (Å²) in [6, 6.07) is 4.46. The molecular formula is C13H21NOS. The Morgan fingerprint density at radius 3 is 2.69 bits per heavy atom. The van der Waals surface area contributed by atoms with Crippen molar-refractivity contribution in [3.63, 3.8) is 0 Å². The SMILES string of the molecule is Cc1ccc(CN2CCC(CCO)CC2)s1. The molecule has 90 valence electrons. The molecule has 0 amide bonds. The van der Waals surface area contributed by atoms with Crippen molar-refractivity contribution < 1.29 is 5.11 Å². The first-order chi connectivity index (χ1) is 7.78. The molecule has 2 rings (SSSR count). The van der Waals surface area contributed by atoms with Crippen LogP contribution in [0.3, 0.4) is 0 Å². The topological polar surface area (TPSA) is 23.5 Å². The summed E-state index contributed by atoms with van der Waals surface area (Å²) >= 11 is 1.91. The van der Waals surface area contributed by atoms with Crippen LogP contribution in [0.25, 0.3) is 0 Å². The van der Waals surface area contributed by atoms with E-state index in [-0.39, 0.29) is 0 Å². The monoisotopic (exact) mass is 239 g/mol. The Balaban J connectivity index is 1.77. The minimum absolute atomic E-state index is 0.356. The van der Waals surface area contributed by atoms with Crippen LogP contribution in [0, 0.1) is 12.8 Å². The van der Waals surface area contributed by atoms with Gasteiger partial charge in [0.25, 0.3) is 0 Å². The van der Waals surface area contributed by atoms with Gasteiger partial charge in [-0.1, -0.05) is 0 Å². The summed E-state index contributed by atoms with van der Waals surface area (Å²) in [4.78, 5) is 5.43. The molecule has 0 spiro atoms. The van der Waals surface area contributed by atoms with E-state index in [9.17, 15) is 0 Å². The molecule has 16 heavy (non-hydrogen) atoms. The summed E-state index contributed by atoms with van der Waals surface area (Å²) in [7, 11) is 0. The van der Waals surface area contributed by atoms with Gasteiger partial charge in [0.1, 0.15) is 0 Å². The standard InChI is InChI=1S/C13H21NOS/c1-11-2-3-13(16-11)10-14-7-4-12(5-8-14)6-9-15/h2-3,12,15H,4-10H2,1H3. The summed E-state index contributed by atoms with van der Waals surface area (Å²) < 4.78 is 0. The average Bonchev–Trinajstić information content (AvgIpc) is 2.67. The molecular weight excluding hydrogens is 218 g/mol. The second kappa shape index (κ2) is 5.80. The Labute approximate surface area is 102 Å². The zero-order chi connectivity index (χ0) is 11.4. The number of rotatable bonds is 4. The van der Waals surface area contributed by atoms with E-state index < -0.39 is 0 Å². The first-order valence-corrected chi connectivity index (χ1v) is 6.98. The highest BCUT2D eigenvalue weighted by Gasteiger charge is 2.18. The predicted molar refractivity (Wildman–Crippen MR) is 68.8 cm³/mol. The van der Waals surface area contributed by atoms with Gasteiger partial charge in [-0.3, -0.25) is 4.90 Å². The summed E-state index contributed by atoms with van der Waals surface area (Å²) in [6.07, 6.45) is 3.50. The average molecular weight is 239 g/mol. The molecule has 1 fully saturated rings. The lowest BCUT2D eigenvalue weighted by molar-refractivity contribution is 0.154. The second-order valence-corrected chi connectivity index (χ2v) is 6.12. The highest BCUT2D eigenvalue weighted by molar-refractivity contribution is 7.11. The fourth-order valence-electron chi connectivity index (χ4n) is 2.41. The molecule has 0 unspecified atom stereocenters. The number of aryl methyl sites for hydroxylation is 1. The smallest absolute Gasteiger partial charge is 0.0433 e. The van der Waals surface area contributed by atoms with Gasteiger partial charge in [-0.25, -0.2) is 0 Å². The molecule has 1 N–H and O–H groups in total. The molecule has 0 aliphatic carbocycles. The van der Waals surface area contributed by atoms with Crippen molar-refractivity contribution in [2.24, 2.45) is 5.92 Å². The van der Waals surface area contributed by atoms with Crippen LogP contribution >= 0.6 is 11.3 Å². The fraction of sp³-hybridized carbons (Fsp3) is 0.692. The quantitative estimate of drug-likeness (QED) is 0.873. The molecule has 0 radical (unpaired) electrons. The third-order valence-corrected chi connectivity index (χ3v) is 4.41. The summed E-state index contributed by atoms with van der Waals surface area (Å²) in [5.41, 5.74) is 0. The highest BCUT2D eigenvalue weighted by Crippen LogP contribution is 2.23. The summed E-state index contributed by atoms with van der Waals surface area (Å²) in [5, 5.41) is 8.91. The number of aliphatic hydroxyl groups is 1. The second-order valence-electron chi connectivity index (χ2n) is 4.74. The van der Waals surface area contributed by atoms with Crippen molar-refractivity contribution >= 4 is 11.3 Å². The maximum atomic E-state index is 8.91. The molecule has 1 aromatic rings. The minimum Gasteiger partial charge on any atom is -0.396 e. The number of thiophene rings is 1. The van der Waals surface area contributed by atoms with Crippen LogP contribution in [0.4, 0.5) is 0 Å². The van der Waals surface area contributed by atoms with Gasteiger partial charge in [0, 0.05) is 22.9 Å². The van der Waals surface area contributed by atoms with Crippen molar-refractivity contribution in [2.75, 3.05) is 19.7 Å². The van der Waals surface area contributed by atoms with E-state index in [4.69, 9.17) is 5.11 Å².